The number of nitrogens with one attached hydrogen (secondary N) is 4. The molecule has 13 heavy (non-hydrogen) atoms. The van der Waals surface area contributed by atoms with Crippen LogP contribution in [0.25, 0.3) is 0 Å². The van der Waals surface area contributed by atoms with Crippen LogP contribution in [-0.2, 0) is 17.1 Å². The van der Waals surface area contributed by atoms with Crippen molar-refractivity contribution in [1.29, 1.82) is 0 Å². The Morgan fingerprint density at radius 3 is 0.692 bits per heavy atom. The van der Waals surface area contributed by atoms with Crippen molar-refractivity contribution in [1.82, 2.24) is 21.3 Å². The summed E-state index contributed by atoms with van der Waals surface area (Å²) in [6, 6.07) is 0. The Morgan fingerprint density at radius 2 is 0.538 bits per heavy atom. The van der Waals surface area contributed by atoms with Gasteiger partial charge >= 0.3 is 0 Å². The summed E-state index contributed by atoms with van der Waals surface area (Å²) < 4.78 is 0. The van der Waals surface area contributed by atoms with Crippen LogP contribution in [0.5, 0.6) is 0 Å². The van der Waals surface area contributed by atoms with E-state index in [0.717, 1.165) is 52.4 Å². The first kappa shape index (κ1) is 13.4. The normalized spacial score (nSPS) is 22.2. The molecule has 83 valence electrons. The molecule has 1 radical (unpaired) electrons. The van der Waals surface area contributed by atoms with Crippen LogP contribution in [0, 0.1) is 0 Å². The summed E-state index contributed by atoms with van der Waals surface area (Å²) in [6.07, 6.45) is 0. The Bertz CT molecular complexity index is 59.1. The van der Waals surface area contributed by atoms with E-state index in [-0.39, 0.29) is 17.1 Å². The molecule has 4 nitrogen and oxygen atoms in total. The van der Waals surface area contributed by atoms with Crippen LogP contribution in [-0.4, -0.2) is 52.4 Å². The van der Waals surface area contributed by atoms with Crippen molar-refractivity contribution in [2.45, 2.75) is 0 Å². The summed E-state index contributed by atoms with van der Waals surface area (Å²) >= 11 is 0. The molecule has 0 aromatic carbocycles. The van der Waals surface area contributed by atoms with Gasteiger partial charge < -0.3 is 21.3 Å². The van der Waals surface area contributed by atoms with E-state index in [2.05, 4.69) is 21.3 Å². The smallest absolute Gasteiger partial charge is 0.00772 e. The molecule has 1 fully saturated rings. The minimum atomic E-state index is 0. The van der Waals surface area contributed by atoms with Gasteiger partial charge in [0.2, 0.25) is 0 Å². The molecule has 0 atom stereocenters. The second kappa shape index (κ2) is 10.4. The molecular formula is C8H20CuN4. The van der Waals surface area contributed by atoms with E-state index >= 15 is 0 Å². The molecule has 0 unspecified atom stereocenters. The zero-order valence-corrected chi connectivity index (χ0v) is 8.90. The van der Waals surface area contributed by atoms with Gasteiger partial charge in [0.15, 0.2) is 0 Å². The average Bonchev–Trinajstić information content (AvgIpc) is 2.05. The monoisotopic (exact) mass is 235 g/mol. The maximum absolute atomic E-state index is 3.36. The van der Waals surface area contributed by atoms with Crippen LogP contribution in [0.4, 0.5) is 0 Å². The van der Waals surface area contributed by atoms with Crippen molar-refractivity contribution in [3.05, 3.63) is 0 Å². The number of hydrogen-bond donors (Lipinski definition) is 4. The topological polar surface area (TPSA) is 48.1 Å². The Morgan fingerprint density at radius 1 is 0.385 bits per heavy atom. The second-order valence-electron chi connectivity index (χ2n) is 3.00. The quantitative estimate of drug-likeness (QED) is 0.381. The predicted molar refractivity (Wildman–Crippen MR) is 51.5 cm³/mol. The molecule has 0 aliphatic carbocycles. The van der Waals surface area contributed by atoms with Crippen LogP contribution in [0.2, 0.25) is 0 Å². The Hall–Kier alpha value is 0.359. The summed E-state index contributed by atoms with van der Waals surface area (Å²) in [4.78, 5) is 0. The van der Waals surface area contributed by atoms with Gasteiger partial charge in [0.1, 0.15) is 0 Å². The molecule has 1 aliphatic heterocycles. The number of rotatable bonds is 0. The summed E-state index contributed by atoms with van der Waals surface area (Å²) in [6.45, 7) is 8.57. The van der Waals surface area contributed by atoms with E-state index in [4.69, 9.17) is 0 Å². The fourth-order valence-corrected chi connectivity index (χ4v) is 1.21. The summed E-state index contributed by atoms with van der Waals surface area (Å²) in [7, 11) is 0. The molecule has 1 saturated heterocycles. The summed E-state index contributed by atoms with van der Waals surface area (Å²) in [5.41, 5.74) is 0. The van der Waals surface area contributed by atoms with Crippen molar-refractivity contribution < 1.29 is 17.1 Å². The Balaban J connectivity index is 0.00000144. The molecule has 1 heterocycles. The molecule has 5 heteroatoms. The molecule has 1 aliphatic rings. The van der Waals surface area contributed by atoms with Crippen LogP contribution in [0.1, 0.15) is 0 Å². The van der Waals surface area contributed by atoms with Crippen molar-refractivity contribution in [3.63, 3.8) is 0 Å². The molecule has 0 bridgehead atoms. The maximum atomic E-state index is 3.36. The van der Waals surface area contributed by atoms with E-state index in [1.54, 1.807) is 0 Å². The van der Waals surface area contributed by atoms with Gasteiger partial charge in [-0.05, 0) is 0 Å². The molecule has 1 rings (SSSR count). The fraction of sp³-hybridized carbons (Fsp3) is 1.00. The number of hydrogen-bond acceptors (Lipinski definition) is 4. The molecule has 0 aromatic heterocycles. The van der Waals surface area contributed by atoms with Gasteiger partial charge in [0, 0.05) is 69.4 Å². The zero-order valence-electron chi connectivity index (χ0n) is 7.96. The molecule has 0 spiro atoms. The van der Waals surface area contributed by atoms with Gasteiger partial charge in [-0.2, -0.15) is 0 Å². The fourth-order valence-electron chi connectivity index (χ4n) is 1.21. The van der Waals surface area contributed by atoms with Gasteiger partial charge in [-0.3, -0.25) is 0 Å². The van der Waals surface area contributed by atoms with Crippen molar-refractivity contribution in [2.75, 3.05) is 52.4 Å². The van der Waals surface area contributed by atoms with E-state index in [1.165, 1.54) is 0 Å². The zero-order chi connectivity index (χ0) is 8.49. The predicted octanol–water partition coefficient (Wildman–Crippen LogP) is -1.64. The van der Waals surface area contributed by atoms with Gasteiger partial charge in [-0.25, -0.2) is 0 Å². The first-order valence-electron chi connectivity index (χ1n) is 4.83. The van der Waals surface area contributed by atoms with Crippen molar-refractivity contribution in [2.24, 2.45) is 0 Å². The third-order valence-electron chi connectivity index (χ3n) is 1.91. The van der Waals surface area contributed by atoms with Gasteiger partial charge in [-0.15, -0.1) is 0 Å². The standard InChI is InChI=1S/C8H20N4.Cu/c1-2-10-5-6-12-8-7-11-4-3-9-1;/h9-12H,1-8H2;. The molecule has 0 aromatic rings. The van der Waals surface area contributed by atoms with Crippen molar-refractivity contribution in [3.8, 4) is 0 Å². The van der Waals surface area contributed by atoms with Crippen LogP contribution in [0.15, 0.2) is 0 Å². The molecule has 0 amide bonds. The average molecular weight is 236 g/mol. The van der Waals surface area contributed by atoms with E-state index < -0.39 is 0 Å². The Labute approximate surface area is 91.1 Å². The third-order valence-corrected chi connectivity index (χ3v) is 1.91. The SMILES string of the molecule is C1CNCCNCCNCCN1.[Cu]. The van der Waals surface area contributed by atoms with E-state index in [1.807, 2.05) is 0 Å². The minimum Gasteiger partial charge on any atom is -0.314 e. The summed E-state index contributed by atoms with van der Waals surface area (Å²) in [5, 5.41) is 13.4. The van der Waals surface area contributed by atoms with Crippen molar-refractivity contribution >= 4 is 0 Å². The van der Waals surface area contributed by atoms with E-state index in [0.29, 0.717) is 0 Å². The van der Waals surface area contributed by atoms with Gasteiger partial charge in [-0.1, -0.05) is 0 Å². The van der Waals surface area contributed by atoms with Crippen LogP contribution >= 0.6 is 0 Å². The third kappa shape index (κ3) is 8.68. The first-order chi connectivity index (χ1) is 6.00. The molecule has 4 N–H and O–H groups in total. The maximum Gasteiger partial charge on any atom is 0.00772 e. The molecular weight excluding hydrogens is 216 g/mol. The largest absolute Gasteiger partial charge is 0.314 e. The minimum absolute atomic E-state index is 0. The summed E-state index contributed by atoms with van der Waals surface area (Å²) in [5.74, 6) is 0. The second-order valence-corrected chi connectivity index (χ2v) is 3.00. The van der Waals surface area contributed by atoms with Gasteiger partial charge in [0.05, 0.1) is 0 Å². The Kier molecular flexibility index (Phi) is 10.7. The van der Waals surface area contributed by atoms with Crippen LogP contribution in [0.3, 0.4) is 0 Å². The molecule has 0 saturated carbocycles. The van der Waals surface area contributed by atoms with Crippen LogP contribution < -0.4 is 21.3 Å². The first-order valence-corrected chi connectivity index (χ1v) is 4.83. The van der Waals surface area contributed by atoms with E-state index in [9.17, 15) is 0 Å². The van der Waals surface area contributed by atoms with Gasteiger partial charge in [0.25, 0.3) is 0 Å².